The number of aromatic nitrogens is 2. The van der Waals surface area contributed by atoms with E-state index in [1.54, 1.807) is 26.5 Å². The van der Waals surface area contributed by atoms with Crippen molar-refractivity contribution in [3.05, 3.63) is 12.3 Å². The molecule has 6 heteroatoms. The standard InChI is InChI=1S/C14H24N4O2/c1-19-10-8-15-11-12-5-3-4-9-18(12)14-16-7-6-13(17-14)20-2/h6-7,12,15H,3-5,8-11H2,1-2H3. The van der Waals surface area contributed by atoms with E-state index < -0.39 is 0 Å². The largest absolute Gasteiger partial charge is 0.481 e. The lowest BCUT2D eigenvalue weighted by Crippen LogP contribution is -2.46. The van der Waals surface area contributed by atoms with Crippen LogP contribution < -0.4 is 15.0 Å². The lowest BCUT2D eigenvalue weighted by atomic mass is 10.0. The van der Waals surface area contributed by atoms with Gasteiger partial charge in [0, 0.05) is 45.0 Å². The molecule has 0 radical (unpaired) electrons. The Balaban J connectivity index is 1.98. The lowest BCUT2D eigenvalue weighted by Gasteiger charge is -2.36. The van der Waals surface area contributed by atoms with E-state index in [2.05, 4.69) is 20.2 Å². The maximum atomic E-state index is 5.18. The fourth-order valence-electron chi connectivity index (χ4n) is 2.50. The van der Waals surface area contributed by atoms with Gasteiger partial charge in [0.1, 0.15) is 0 Å². The highest BCUT2D eigenvalue weighted by atomic mass is 16.5. The first-order chi connectivity index (χ1) is 9.85. The fourth-order valence-corrected chi connectivity index (χ4v) is 2.50. The highest BCUT2D eigenvalue weighted by Gasteiger charge is 2.24. The first kappa shape index (κ1) is 15.0. The number of ether oxygens (including phenoxy) is 2. The van der Waals surface area contributed by atoms with Crippen LogP contribution in [-0.4, -0.2) is 56.5 Å². The highest BCUT2D eigenvalue weighted by Crippen LogP contribution is 2.22. The van der Waals surface area contributed by atoms with Crippen molar-refractivity contribution in [3.63, 3.8) is 0 Å². The zero-order chi connectivity index (χ0) is 14.2. The molecule has 0 saturated carbocycles. The number of hydrogen-bond acceptors (Lipinski definition) is 6. The van der Waals surface area contributed by atoms with Crippen molar-refractivity contribution in [3.8, 4) is 5.88 Å². The predicted molar refractivity (Wildman–Crippen MR) is 78.3 cm³/mol. The number of anilines is 1. The summed E-state index contributed by atoms with van der Waals surface area (Å²) < 4.78 is 10.2. The monoisotopic (exact) mass is 280 g/mol. The molecule has 1 saturated heterocycles. The van der Waals surface area contributed by atoms with Crippen LogP contribution in [0.2, 0.25) is 0 Å². The lowest BCUT2D eigenvalue weighted by molar-refractivity contribution is 0.198. The Morgan fingerprint density at radius 3 is 3.10 bits per heavy atom. The average Bonchev–Trinajstić information content (AvgIpc) is 2.52. The van der Waals surface area contributed by atoms with Crippen LogP contribution in [0.3, 0.4) is 0 Å². The Kier molecular flexibility index (Phi) is 6.01. The molecule has 1 unspecified atom stereocenters. The molecule has 1 atom stereocenters. The molecule has 0 aromatic carbocycles. The number of rotatable bonds is 7. The second-order valence-corrected chi connectivity index (χ2v) is 4.94. The maximum absolute atomic E-state index is 5.18. The van der Waals surface area contributed by atoms with Gasteiger partial charge in [0.15, 0.2) is 0 Å². The third kappa shape index (κ3) is 4.05. The Morgan fingerprint density at radius 2 is 2.30 bits per heavy atom. The molecule has 2 rings (SSSR count). The summed E-state index contributed by atoms with van der Waals surface area (Å²) in [5, 5.41) is 3.43. The van der Waals surface area contributed by atoms with Gasteiger partial charge < -0.3 is 19.7 Å². The van der Waals surface area contributed by atoms with Gasteiger partial charge in [0.2, 0.25) is 11.8 Å². The van der Waals surface area contributed by atoms with E-state index >= 15 is 0 Å². The van der Waals surface area contributed by atoms with Gasteiger partial charge >= 0.3 is 0 Å². The minimum atomic E-state index is 0.438. The van der Waals surface area contributed by atoms with Crippen molar-refractivity contribution >= 4 is 5.95 Å². The van der Waals surface area contributed by atoms with E-state index in [0.717, 1.165) is 32.2 Å². The zero-order valence-electron chi connectivity index (χ0n) is 12.3. The molecule has 0 bridgehead atoms. The summed E-state index contributed by atoms with van der Waals surface area (Å²) in [5.74, 6) is 1.38. The van der Waals surface area contributed by atoms with Gasteiger partial charge in [-0.1, -0.05) is 0 Å². The van der Waals surface area contributed by atoms with Crippen molar-refractivity contribution in [1.82, 2.24) is 15.3 Å². The normalized spacial score (nSPS) is 19.1. The van der Waals surface area contributed by atoms with Gasteiger partial charge in [-0.2, -0.15) is 4.98 Å². The number of nitrogens with zero attached hydrogens (tertiary/aromatic N) is 3. The van der Waals surface area contributed by atoms with Gasteiger partial charge in [0.05, 0.1) is 13.7 Å². The number of nitrogens with one attached hydrogen (secondary N) is 1. The van der Waals surface area contributed by atoms with Gasteiger partial charge in [-0.15, -0.1) is 0 Å². The Hall–Kier alpha value is -1.40. The van der Waals surface area contributed by atoms with Gasteiger partial charge in [-0.05, 0) is 19.3 Å². The van der Waals surface area contributed by atoms with E-state index in [1.807, 2.05) is 0 Å². The SMILES string of the molecule is COCCNCC1CCCCN1c1nccc(OC)n1. The number of hydrogen-bond donors (Lipinski definition) is 1. The minimum Gasteiger partial charge on any atom is -0.481 e. The topological polar surface area (TPSA) is 59.5 Å². The van der Waals surface area contributed by atoms with Crippen LogP contribution in [0.15, 0.2) is 12.3 Å². The average molecular weight is 280 g/mol. The highest BCUT2D eigenvalue weighted by molar-refractivity contribution is 5.34. The Morgan fingerprint density at radius 1 is 1.40 bits per heavy atom. The van der Waals surface area contributed by atoms with E-state index in [1.165, 1.54) is 19.3 Å². The molecular formula is C14H24N4O2. The molecule has 6 nitrogen and oxygen atoms in total. The molecule has 20 heavy (non-hydrogen) atoms. The van der Waals surface area contributed by atoms with Crippen molar-refractivity contribution in [2.24, 2.45) is 0 Å². The van der Waals surface area contributed by atoms with Gasteiger partial charge in [0.25, 0.3) is 0 Å². The second-order valence-electron chi connectivity index (χ2n) is 4.94. The fraction of sp³-hybridized carbons (Fsp3) is 0.714. The number of piperidine rings is 1. The smallest absolute Gasteiger partial charge is 0.228 e. The third-order valence-corrected chi connectivity index (χ3v) is 3.57. The van der Waals surface area contributed by atoms with Crippen LogP contribution in [0, 0.1) is 0 Å². The van der Waals surface area contributed by atoms with Crippen molar-refractivity contribution in [1.29, 1.82) is 0 Å². The molecule has 0 aliphatic carbocycles. The summed E-state index contributed by atoms with van der Waals surface area (Å²) in [4.78, 5) is 11.1. The molecule has 0 spiro atoms. The number of methoxy groups -OCH3 is 2. The molecule has 1 aliphatic rings. The molecule has 1 N–H and O–H groups in total. The third-order valence-electron chi connectivity index (χ3n) is 3.57. The van der Waals surface area contributed by atoms with Crippen LogP contribution in [-0.2, 0) is 4.74 Å². The quantitative estimate of drug-likeness (QED) is 0.754. The summed E-state index contributed by atoms with van der Waals surface area (Å²) in [6.07, 6.45) is 5.37. The van der Waals surface area contributed by atoms with E-state index in [0.29, 0.717) is 11.9 Å². The molecule has 1 fully saturated rings. The van der Waals surface area contributed by atoms with E-state index in [-0.39, 0.29) is 0 Å². The predicted octanol–water partition coefficient (Wildman–Crippen LogP) is 1.08. The van der Waals surface area contributed by atoms with Crippen LogP contribution in [0.5, 0.6) is 5.88 Å². The van der Waals surface area contributed by atoms with Crippen molar-refractivity contribution < 1.29 is 9.47 Å². The minimum absolute atomic E-state index is 0.438. The van der Waals surface area contributed by atoms with Crippen LogP contribution in [0.1, 0.15) is 19.3 Å². The summed E-state index contributed by atoms with van der Waals surface area (Å²) in [5.41, 5.74) is 0. The first-order valence-electron chi connectivity index (χ1n) is 7.18. The molecule has 2 heterocycles. The summed E-state index contributed by atoms with van der Waals surface area (Å²) in [6.45, 7) is 3.55. The summed E-state index contributed by atoms with van der Waals surface area (Å²) in [7, 11) is 3.35. The molecule has 1 aliphatic heterocycles. The van der Waals surface area contributed by atoms with Gasteiger partial charge in [-0.3, -0.25) is 0 Å². The molecule has 1 aromatic rings. The maximum Gasteiger partial charge on any atom is 0.228 e. The Labute approximate surface area is 120 Å². The van der Waals surface area contributed by atoms with Crippen LogP contribution >= 0.6 is 0 Å². The van der Waals surface area contributed by atoms with E-state index in [9.17, 15) is 0 Å². The molecule has 1 aromatic heterocycles. The zero-order valence-corrected chi connectivity index (χ0v) is 12.3. The second kappa shape index (κ2) is 8.01. The van der Waals surface area contributed by atoms with Crippen LogP contribution in [0.4, 0.5) is 5.95 Å². The molecular weight excluding hydrogens is 256 g/mol. The molecule has 0 amide bonds. The summed E-state index contributed by atoms with van der Waals surface area (Å²) in [6, 6.07) is 2.21. The van der Waals surface area contributed by atoms with E-state index in [4.69, 9.17) is 9.47 Å². The van der Waals surface area contributed by atoms with Crippen molar-refractivity contribution in [2.45, 2.75) is 25.3 Å². The van der Waals surface area contributed by atoms with Crippen LogP contribution in [0.25, 0.3) is 0 Å². The summed E-state index contributed by atoms with van der Waals surface area (Å²) >= 11 is 0. The van der Waals surface area contributed by atoms with Crippen molar-refractivity contribution in [2.75, 3.05) is 45.4 Å². The Bertz CT molecular complexity index is 403. The molecule has 112 valence electrons. The van der Waals surface area contributed by atoms with Gasteiger partial charge in [-0.25, -0.2) is 4.98 Å². The first-order valence-corrected chi connectivity index (χ1v) is 7.18.